The van der Waals surface area contributed by atoms with Gasteiger partial charge in [-0.25, -0.2) is 8.42 Å². The number of nitrogens with zero attached hydrogens (tertiary/aromatic N) is 2. The van der Waals surface area contributed by atoms with E-state index in [2.05, 4.69) is 22.3 Å². The van der Waals surface area contributed by atoms with Gasteiger partial charge in [-0.3, -0.25) is 4.79 Å². The van der Waals surface area contributed by atoms with Crippen LogP contribution in [0.25, 0.3) is 0 Å². The molecule has 0 bridgehead atoms. The summed E-state index contributed by atoms with van der Waals surface area (Å²) in [6, 6.07) is 17.9. The number of likely N-dealkylation sites (N-methyl/N-ethyl adjacent to an activating group) is 1. The first-order valence-corrected chi connectivity index (χ1v) is 11.5. The fourth-order valence-corrected chi connectivity index (χ4v) is 5.32. The number of sulfonamides is 1. The van der Waals surface area contributed by atoms with Crippen molar-refractivity contribution in [2.45, 2.75) is 36.7 Å². The van der Waals surface area contributed by atoms with Gasteiger partial charge < -0.3 is 10.2 Å². The number of amides is 1. The summed E-state index contributed by atoms with van der Waals surface area (Å²) in [5.74, 6) is -0.211. The Labute approximate surface area is 173 Å². The van der Waals surface area contributed by atoms with Crippen LogP contribution < -0.4 is 5.32 Å². The highest BCUT2D eigenvalue weighted by Gasteiger charge is 2.37. The molecule has 1 saturated heterocycles. The Morgan fingerprint density at radius 2 is 1.72 bits per heavy atom. The third kappa shape index (κ3) is 5.65. The van der Waals surface area contributed by atoms with Crippen molar-refractivity contribution >= 4 is 15.9 Å². The second kappa shape index (κ2) is 10.0. The highest BCUT2D eigenvalue weighted by atomic mass is 32.2. The normalized spacial score (nSPS) is 17.9. The predicted octanol–water partition coefficient (Wildman–Crippen LogP) is 2.48. The van der Waals surface area contributed by atoms with Crippen LogP contribution in [0.3, 0.4) is 0 Å². The summed E-state index contributed by atoms with van der Waals surface area (Å²) < 4.78 is 27.4. The van der Waals surface area contributed by atoms with Crippen molar-refractivity contribution in [3.63, 3.8) is 0 Å². The number of hydrogen-bond acceptors (Lipinski definition) is 4. The monoisotopic (exact) mass is 415 g/mol. The predicted molar refractivity (Wildman–Crippen MR) is 114 cm³/mol. The lowest BCUT2D eigenvalue weighted by Crippen LogP contribution is -2.52. The topological polar surface area (TPSA) is 69.7 Å². The lowest BCUT2D eigenvalue weighted by atomic mass is 10.0. The summed E-state index contributed by atoms with van der Waals surface area (Å²) in [6.45, 7) is 2.36. The van der Waals surface area contributed by atoms with Crippen LogP contribution in [0.4, 0.5) is 0 Å². The molecule has 2 aromatic rings. The number of hydrogen-bond donors (Lipinski definition) is 1. The molecule has 1 heterocycles. The van der Waals surface area contributed by atoms with Crippen LogP contribution >= 0.6 is 0 Å². The van der Waals surface area contributed by atoms with E-state index in [1.165, 1.54) is 9.87 Å². The van der Waals surface area contributed by atoms with Gasteiger partial charge in [0.2, 0.25) is 15.9 Å². The van der Waals surface area contributed by atoms with Gasteiger partial charge in [0.15, 0.2) is 0 Å². The molecular formula is C22H29N3O3S. The van der Waals surface area contributed by atoms with E-state index in [4.69, 9.17) is 0 Å². The van der Waals surface area contributed by atoms with E-state index in [1.807, 2.05) is 25.2 Å². The van der Waals surface area contributed by atoms with Gasteiger partial charge >= 0.3 is 0 Å². The number of carbonyl (C=O) groups excluding carboxylic acids is 1. The van der Waals surface area contributed by atoms with Crippen molar-refractivity contribution in [3.05, 3.63) is 66.2 Å². The molecule has 1 amide bonds. The average Bonchev–Trinajstić information content (AvgIpc) is 2.75. The SMILES string of the molecule is CN(CCNC(=O)C1CCCCN1S(=O)(=O)c1ccccc1)Cc1ccccc1. The quantitative estimate of drug-likeness (QED) is 0.719. The Bertz CT molecular complexity index is 888. The molecular weight excluding hydrogens is 386 g/mol. The van der Waals surface area contributed by atoms with Gasteiger partial charge in [-0.05, 0) is 37.6 Å². The first-order valence-electron chi connectivity index (χ1n) is 10.1. The minimum Gasteiger partial charge on any atom is -0.353 e. The van der Waals surface area contributed by atoms with Crippen LogP contribution in [0.1, 0.15) is 24.8 Å². The van der Waals surface area contributed by atoms with E-state index in [0.717, 1.165) is 19.4 Å². The Morgan fingerprint density at radius 3 is 2.41 bits per heavy atom. The summed E-state index contributed by atoms with van der Waals surface area (Å²) in [4.78, 5) is 15.2. The third-order valence-corrected chi connectivity index (χ3v) is 7.12. The molecule has 1 fully saturated rings. The van der Waals surface area contributed by atoms with E-state index in [9.17, 15) is 13.2 Å². The van der Waals surface area contributed by atoms with Gasteiger partial charge in [0.25, 0.3) is 0 Å². The molecule has 0 saturated carbocycles. The molecule has 3 rings (SSSR count). The van der Waals surface area contributed by atoms with Gasteiger partial charge in [0.1, 0.15) is 6.04 Å². The summed E-state index contributed by atoms with van der Waals surface area (Å²) in [7, 11) is -1.67. The number of nitrogens with one attached hydrogen (secondary N) is 1. The second-order valence-corrected chi connectivity index (χ2v) is 9.35. The van der Waals surface area contributed by atoms with Crippen LogP contribution in [0, 0.1) is 0 Å². The van der Waals surface area contributed by atoms with Crippen LogP contribution in [0.2, 0.25) is 0 Å². The molecule has 1 aliphatic rings. The van der Waals surface area contributed by atoms with E-state index in [-0.39, 0.29) is 10.8 Å². The van der Waals surface area contributed by atoms with Gasteiger partial charge in [-0.15, -0.1) is 0 Å². The number of piperidine rings is 1. The molecule has 0 spiro atoms. The first-order chi connectivity index (χ1) is 14.0. The van der Waals surface area contributed by atoms with Crippen LogP contribution in [-0.2, 0) is 21.4 Å². The minimum absolute atomic E-state index is 0.211. The smallest absolute Gasteiger partial charge is 0.243 e. The largest absolute Gasteiger partial charge is 0.353 e. The van der Waals surface area contributed by atoms with Crippen molar-refractivity contribution in [1.82, 2.24) is 14.5 Å². The van der Waals surface area contributed by atoms with Crippen molar-refractivity contribution < 1.29 is 13.2 Å². The van der Waals surface area contributed by atoms with E-state index < -0.39 is 16.1 Å². The van der Waals surface area contributed by atoms with Crippen molar-refractivity contribution in [1.29, 1.82) is 0 Å². The fourth-order valence-electron chi connectivity index (χ4n) is 3.64. The van der Waals surface area contributed by atoms with E-state index in [1.54, 1.807) is 30.3 Å². The third-order valence-electron chi connectivity index (χ3n) is 5.19. The maximum Gasteiger partial charge on any atom is 0.243 e. The molecule has 0 aliphatic carbocycles. The summed E-state index contributed by atoms with van der Waals surface area (Å²) in [6.07, 6.45) is 2.18. The molecule has 156 valence electrons. The molecule has 7 heteroatoms. The molecule has 1 unspecified atom stereocenters. The number of benzene rings is 2. The summed E-state index contributed by atoms with van der Waals surface area (Å²) in [5, 5.41) is 2.94. The zero-order chi connectivity index (χ0) is 20.7. The maximum atomic E-state index is 13.0. The lowest BCUT2D eigenvalue weighted by molar-refractivity contribution is -0.125. The molecule has 1 atom stereocenters. The number of rotatable bonds is 8. The van der Waals surface area contributed by atoms with Crippen LogP contribution in [-0.4, -0.2) is 56.3 Å². The molecule has 2 aromatic carbocycles. The zero-order valence-electron chi connectivity index (χ0n) is 16.8. The molecule has 1 N–H and O–H groups in total. The highest BCUT2D eigenvalue weighted by molar-refractivity contribution is 7.89. The Balaban J connectivity index is 1.57. The minimum atomic E-state index is -3.68. The van der Waals surface area contributed by atoms with Gasteiger partial charge in [0, 0.05) is 26.2 Å². The Morgan fingerprint density at radius 1 is 1.07 bits per heavy atom. The lowest BCUT2D eigenvalue weighted by Gasteiger charge is -2.33. The van der Waals surface area contributed by atoms with Crippen molar-refractivity contribution in [3.8, 4) is 0 Å². The highest BCUT2D eigenvalue weighted by Crippen LogP contribution is 2.25. The molecule has 0 radical (unpaired) electrons. The average molecular weight is 416 g/mol. The van der Waals surface area contributed by atoms with Crippen LogP contribution in [0.5, 0.6) is 0 Å². The number of carbonyl (C=O) groups is 1. The zero-order valence-corrected chi connectivity index (χ0v) is 17.6. The first kappa shape index (κ1) is 21.5. The van der Waals surface area contributed by atoms with Gasteiger partial charge in [-0.1, -0.05) is 55.0 Å². The van der Waals surface area contributed by atoms with Crippen molar-refractivity contribution in [2.75, 3.05) is 26.7 Å². The second-order valence-electron chi connectivity index (χ2n) is 7.45. The standard InChI is InChI=1S/C22H29N3O3S/c1-24(18-19-10-4-2-5-11-19)17-15-23-22(26)21-14-8-9-16-25(21)29(27,28)20-12-6-3-7-13-20/h2-7,10-13,21H,8-9,14-18H2,1H3,(H,23,26). The Hall–Kier alpha value is -2.22. The van der Waals surface area contributed by atoms with Crippen LogP contribution in [0.15, 0.2) is 65.6 Å². The summed E-state index contributed by atoms with van der Waals surface area (Å²) >= 11 is 0. The van der Waals surface area contributed by atoms with E-state index in [0.29, 0.717) is 26.1 Å². The molecule has 29 heavy (non-hydrogen) atoms. The molecule has 0 aromatic heterocycles. The van der Waals surface area contributed by atoms with Gasteiger partial charge in [0.05, 0.1) is 4.90 Å². The summed E-state index contributed by atoms with van der Waals surface area (Å²) in [5.41, 5.74) is 1.22. The molecule has 6 nitrogen and oxygen atoms in total. The fraction of sp³-hybridized carbons (Fsp3) is 0.409. The Kier molecular flexibility index (Phi) is 7.41. The van der Waals surface area contributed by atoms with Crippen molar-refractivity contribution in [2.24, 2.45) is 0 Å². The maximum absolute atomic E-state index is 13.0. The van der Waals surface area contributed by atoms with Gasteiger partial charge in [-0.2, -0.15) is 4.31 Å². The molecule has 1 aliphatic heterocycles. The van der Waals surface area contributed by atoms with E-state index >= 15 is 0 Å².